The van der Waals surface area contributed by atoms with Gasteiger partial charge in [0.1, 0.15) is 23.8 Å². The predicted molar refractivity (Wildman–Crippen MR) is 157 cm³/mol. The van der Waals surface area contributed by atoms with Crippen LogP contribution in [0.1, 0.15) is 34.8 Å². The van der Waals surface area contributed by atoms with E-state index < -0.39 is 0 Å². The number of amides is 1. The molecule has 1 amide bonds. The largest absolute Gasteiger partial charge is 0.494 e. The van der Waals surface area contributed by atoms with Gasteiger partial charge in [-0.05, 0) is 72.6 Å². The molecule has 0 aliphatic carbocycles. The third kappa shape index (κ3) is 6.82. The van der Waals surface area contributed by atoms with E-state index in [9.17, 15) is 4.79 Å². The first-order valence-corrected chi connectivity index (χ1v) is 13.2. The zero-order chi connectivity index (χ0) is 27.6. The van der Waals surface area contributed by atoms with Gasteiger partial charge in [0.15, 0.2) is 0 Å². The number of para-hydroxylation sites is 1. The molecule has 0 bridgehead atoms. The fourth-order valence-electron chi connectivity index (χ4n) is 4.02. The molecule has 0 saturated carbocycles. The maximum atomic E-state index is 12.7. The molecule has 0 radical (unpaired) electrons. The Morgan fingerprint density at radius 1 is 0.850 bits per heavy atom. The van der Waals surface area contributed by atoms with Gasteiger partial charge in [0, 0.05) is 22.9 Å². The molecular formula is C33H30N4O3. The summed E-state index contributed by atoms with van der Waals surface area (Å²) >= 11 is 0. The first-order chi connectivity index (χ1) is 19.7. The maximum absolute atomic E-state index is 12.7. The van der Waals surface area contributed by atoms with Crippen molar-refractivity contribution in [2.45, 2.75) is 20.0 Å². The van der Waals surface area contributed by atoms with Crippen LogP contribution in [0.2, 0.25) is 0 Å². The van der Waals surface area contributed by atoms with Crippen LogP contribution in [0.25, 0.3) is 16.9 Å². The summed E-state index contributed by atoms with van der Waals surface area (Å²) in [5.74, 6) is 1.18. The highest BCUT2D eigenvalue weighted by Crippen LogP contribution is 2.25. The fourth-order valence-corrected chi connectivity index (χ4v) is 4.02. The second-order valence-electron chi connectivity index (χ2n) is 9.08. The predicted octanol–water partition coefficient (Wildman–Crippen LogP) is 6.67. The van der Waals surface area contributed by atoms with Crippen molar-refractivity contribution in [1.29, 1.82) is 0 Å². The average molecular weight is 531 g/mol. The molecule has 5 aromatic rings. The van der Waals surface area contributed by atoms with Crippen LogP contribution in [0.3, 0.4) is 0 Å². The summed E-state index contributed by atoms with van der Waals surface area (Å²) in [6.07, 6.45) is 4.45. The summed E-state index contributed by atoms with van der Waals surface area (Å²) in [6.45, 7) is 3.21. The lowest BCUT2D eigenvalue weighted by atomic mass is 10.1. The number of hydrazone groups is 1. The highest BCUT2D eigenvalue weighted by molar-refractivity contribution is 5.95. The molecule has 40 heavy (non-hydrogen) atoms. The number of benzene rings is 4. The molecule has 7 heteroatoms. The monoisotopic (exact) mass is 530 g/mol. The number of aromatic nitrogens is 2. The first-order valence-electron chi connectivity index (χ1n) is 13.2. The van der Waals surface area contributed by atoms with Crippen molar-refractivity contribution < 1.29 is 14.3 Å². The van der Waals surface area contributed by atoms with Crippen LogP contribution in [0.15, 0.2) is 120 Å². The molecule has 0 aliphatic heterocycles. The van der Waals surface area contributed by atoms with E-state index in [0.717, 1.165) is 40.2 Å². The molecule has 5 rings (SSSR count). The summed E-state index contributed by atoms with van der Waals surface area (Å²) in [7, 11) is 0. The molecule has 200 valence electrons. The van der Waals surface area contributed by atoms with E-state index in [2.05, 4.69) is 17.5 Å². The Morgan fingerprint density at radius 3 is 2.20 bits per heavy atom. The van der Waals surface area contributed by atoms with Gasteiger partial charge in [0.2, 0.25) is 0 Å². The van der Waals surface area contributed by atoms with E-state index >= 15 is 0 Å². The lowest BCUT2D eigenvalue weighted by Crippen LogP contribution is -2.17. The Hall–Kier alpha value is -5.17. The molecule has 1 heterocycles. The molecular weight excluding hydrogens is 500 g/mol. The van der Waals surface area contributed by atoms with Gasteiger partial charge in [-0.25, -0.2) is 10.1 Å². The van der Waals surface area contributed by atoms with Crippen molar-refractivity contribution in [2.24, 2.45) is 5.10 Å². The van der Waals surface area contributed by atoms with E-state index in [4.69, 9.17) is 14.6 Å². The zero-order valence-electron chi connectivity index (χ0n) is 22.2. The van der Waals surface area contributed by atoms with Crippen molar-refractivity contribution in [2.75, 3.05) is 6.61 Å². The third-order valence-corrected chi connectivity index (χ3v) is 6.10. The molecule has 0 atom stereocenters. The van der Waals surface area contributed by atoms with E-state index in [1.807, 2.05) is 91.1 Å². The van der Waals surface area contributed by atoms with Gasteiger partial charge in [-0.1, -0.05) is 55.5 Å². The standard InChI is InChI=1S/C33H30N4O3/c1-2-21-39-30-17-13-26(14-18-30)32-28(23-37(36-32)29-11-7-4-8-12-29)22-34-35-33(38)27-15-19-31(20-16-27)40-24-25-9-5-3-6-10-25/h3-20,22-23H,2,21,24H2,1H3,(H,35,38)/b34-22+. The molecule has 0 spiro atoms. The highest BCUT2D eigenvalue weighted by Gasteiger charge is 2.12. The highest BCUT2D eigenvalue weighted by atomic mass is 16.5. The van der Waals surface area contributed by atoms with Crippen LogP contribution in [0.5, 0.6) is 11.5 Å². The molecule has 0 fully saturated rings. The molecule has 0 unspecified atom stereocenters. The topological polar surface area (TPSA) is 77.7 Å². The number of nitrogens with one attached hydrogen (secondary N) is 1. The number of carbonyl (C=O) groups is 1. The van der Waals surface area contributed by atoms with E-state index in [1.165, 1.54) is 0 Å². The van der Waals surface area contributed by atoms with Gasteiger partial charge < -0.3 is 9.47 Å². The van der Waals surface area contributed by atoms with Crippen molar-refractivity contribution in [3.63, 3.8) is 0 Å². The summed E-state index contributed by atoms with van der Waals surface area (Å²) in [6, 6.07) is 34.6. The molecule has 1 N–H and O–H groups in total. The van der Waals surface area contributed by atoms with Gasteiger partial charge in [-0.15, -0.1) is 0 Å². The summed E-state index contributed by atoms with van der Waals surface area (Å²) in [4.78, 5) is 12.7. The number of hydrogen-bond donors (Lipinski definition) is 1. The number of carbonyl (C=O) groups excluding carboxylic acids is 1. The average Bonchev–Trinajstić information content (AvgIpc) is 3.44. The van der Waals surface area contributed by atoms with Gasteiger partial charge in [-0.3, -0.25) is 4.79 Å². The van der Waals surface area contributed by atoms with Gasteiger partial charge in [0.05, 0.1) is 18.5 Å². The normalized spacial score (nSPS) is 10.9. The van der Waals surface area contributed by atoms with Crippen molar-refractivity contribution in [3.8, 4) is 28.4 Å². The summed E-state index contributed by atoms with van der Waals surface area (Å²) in [5, 5.41) is 9.04. The number of nitrogens with zero attached hydrogens (tertiary/aromatic N) is 3. The molecule has 7 nitrogen and oxygen atoms in total. The van der Waals surface area contributed by atoms with Crippen LogP contribution in [0.4, 0.5) is 0 Å². The summed E-state index contributed by atoms with van der Waals surface area (Å²) < 4.78 is 13.3. The van der Waals surface area contributed by atoms with E-state index in [-0.39, 0.29) is 5.91 Å². The minimum absolute atomic E-state index is 0.319. The lowest BCUT2D eigenvalue weighted by molar-refractivity contribution is 0.0955. The SMILES string of the molecule is CCCOc1ccc(-c2nn(-c3ccccc3)cc2/C=N/NC(=O)c2ccc(OCc3ccccc3)cc2)cc1. The second kappa shape index (κ2) is 13.1. The van der Waals surface area contributed by atoms with Crippen molar-refractivity contribution in [1.82, 2.24) is 15.2 Å². The van der Waals surface area contributed by atoms with Gasteiger partial charge in [0.25, 0.3) is 5.91 Å². The van der Waals surface area contributed by atoms with Crippen LogP contribution in [0, 0.1) is 0 Å². The second-order valence-corrected chi connectivity index (χ2v) is 9.08. The van der Waals surface area contributed by atoms with E-state index in [1.54, 1.807) is 35.2 Å². The van der Waals surface area contributed by atoms with Gasteiger partial charge >= 0.3 is 0 Å². The van der Waals surface area contributed by atoms with Crippen molar-refractivity contribution in [3.05, 3.63) is 132 Å². The minimum atomic E-state index is -0.319. The number of ether oxygens (including phenoxy) is 2. The Labute approximate surface area is 233 Å². The third-order valence-electron chi connectivity index (χ3n) is 6.10. The maximum Gasteiger partial charge on any atom is 0.271 e. The number of rotatable bonds is 11. The number of hydrogen-bond acceptors (Lipinski definition) is 5. The smallest absolute Gasteiger partial charge is 0.271 e. The molecule has 4 aromatic carbocycles. The quantitative estimate of drug-likeness (QED) is 0.153. The van der Waals surface area contributed by atoms with Crippen LogP contribution in [-0.2, 0) is 6.61 Å². The van der Waals surface area contributed by atoms with Crippen LogP contribution >= 0.6 is 0 Å². The molecule has 1 aromatic heterocycles. The molecule has 0 aliphatic rings. The van der Waals surface area contributed by atoms with Gasteiger partial charge in [-0.2, -0.15) is 10.2 Å². The zero-order valence-corrected chi connectivity index (χ0v) is 22.2. The Morgan fingerprint density at radius 2 is 1.50 bits per heavy atom. The first kappa shape index (κ1) is 26.4. The fraction of sp³-hybridized carbons (Fsp3) is 0.121. The summed E-state index contributed by atoms with van der Waals surface area (Å²) in [5.41, 5.74) is 7.51. The lowest BCUT2D eigenvalue weighted by Gasteiger charge is -2.07. The van der Waals surface area contributed by atoms with Crippen LogP contribution < -0.4 is 14.9 Å². The van der Waals surface area contributed by atoms with Crippen molar-refractivity contribution >= 4 is 12.1 Å². The Bertz CT molecular complexity index is 1550. The van der Waals surface area contributed by atoms with E-state index in [0.29, 0.717) is 24.5 Å². The Balaban J connectivity index is 1.28. The Kier molecular flexibility index (Phi) is 8.63. The molecule has 0 saturated heterocycles. The minimum Gasteiger partial charge on any atom is -0.494 e. The van der Waals surface area contributed by atoms with Crippen LogP contribution in [-0.4, -0.2) is 28.5 Å².